The van der Waals surface area contributed by atoms with E-state index in [-0.39, 0.29) is 0 Å². The molecule has 23 heavy (non-hydrogen) atoms. The number of aliphatic hydroxyl groups is 4. The maximum Gasteiger partial charge on any atom is 0.119 e. The van der Waals surface area contributed by atoms with Gasteiger partial charge in [-0.15, -0.1) is 0 Å². The van der Waals surface area contributed by atoms with Gasteiger partial charge in [-0.3, -0.25) is 0 Å². The van der Waals surface area contributed by atoms with E-state index in [1.807, 2.05) is 6.07 Å². The highest BCUT2D eigenvalue weighted by molar-refractivity contribution is 5.29. The van der Waals surface area contributed by atoms with Crippen LogP contribution in [0.25, 0.3) is 0 Å². The second-order valence-corrected chi connectivity index (χ2v) is 5.43. The molecule has 4 N–H and O–H groups in total. The molecule has 7 heteroatoms. The van der Waals surface area contributed by atoms with Gasteiger partial charge in [0.25, 0.3) is 0 Å². The third kappa shape index (κ3) is 4.19. The van der Waals surface area contributed by atoms with Crippen molar-refractivity contribution in [3.63, 3.8) is 0 Å². The summed E-state index contributed by atoms with van der Waals surface area (Å²) >= 11 is 0. The zero-order valence-electron chi connectivity index (χ0n) is 12.6. The predicted octanol–water partition coefficient (Wildman–Crippen LogP) is -0.116. The van der Waals surface area contributed by atoms with E-state index in [1.165, 1.54) is 0 Å². The Kier molecular flexibility index (Phi) is 6.33. The van der Waals surface area contributed by atoms with Crippen molar-refractivity contribution in [3.05, 3.63) is 29.8 Å². The minimum Gasteiger partial charge on any atom is -0.494 e. The summed E-state index contributed by atoms with van der Waals surface area (Å²) in [6.45, 7) is -0.0194. The molecule has 2 rings (SSSR count). The molecule has 0 radical (unpaired) electrons. The fraction of sp³-hybridized carbons (Fsp3) is 0.562. The number of hydrogen-bond donors (Lipinski definition) is 4. The summed E-state index contributed by atoms with van der Waals surface area (Å²) in [5, 5.41) is 47.3. The van der Waals surface area contributed by atoms with Gasteiger partial charge >= 0.3 is 0 Å². The first-order valence-corrected chi connectivity index (χ1v) is 7.48. The van der Waals surface area contributed by atoms with Crippen LogP contribution in [0.5, 0.6) is 5.75 Å². The van der Waals surface area contributed by atoms with Crippen molar-refractivity contribution in [2.24, 2.45) is 0 Å². The van der Waals surface area contributed by atoms with Gasteiger partial charge in [-0.25, -0.2) is 0 Å². The molecule has 0 saturated carbocycles. The minimum atomic E-state index is -1.40. The molecule has 1 saturated heterocycles. The maximum atomic E-state index is 10.1. The van der Waals surface area contributed by atoms with Crippen LogP contribution in [-0.2, 0) is 4.74 Å². The van der Waals surface area contributed by atoms with Gasteiger partial charge in [0.15, 0.2) is 0 Å². The zero-order valence-corrected chi connectivity index (χ0v) is 12.6. The van der Waals surface area contributed by atoms with Crippen molar-refractivity contribution < 1.29 is 29.9 Å². The van der Waals surface area contributed by atoms with Crippen LogP contribution in [0.3, 0.4) is 0 Å². The third-order valence-corrected chi connectivity index (χ3v) is 3.80. The summed E-state index contributed by atoms with van der Waals surface area (Å²) in [4.78, 5) is 0. The van der Waals surface area contributed by atoms with Crippen molar-refractivity contribution in [2.45, 2.75) is 43.4 Å². The molecule has 1 fully saturated rings. The number of aliphatic hydroxyl groups excluding tert-OH is 4. The maximum absolute atomic E-state index is 10.1. The Balaban J connectivity index is 2.02. The van der Waals surface area contributed by atoms with E-state index in [1.54, 1.807) is 24.3 Å². The molecule has 5 atom stereocenters. The van der Waals surface area contributed by atoms with Crippen molar-refractivity contribution >= 4 is 0 Å². The van der Waals surface area contributed by atoms with Gasteiger partial charge < -0.3 is 29.9 Å². The van der Waals surface area contributed by atoms with Crippen molar-refractivity contribution in [1.82, 2.24) is 0 Å². The first-order valence-electron chi connectivity index (χ1n) is 7.48. The molecule has 0 aliphatic carbocycles. The lowest BCUT2D eigenvalue weighted by atomic mass is 9.91. The third-order valence-electron chi connectivity index (χ3n) is 3.80. The average molecular weight is 323 g/mol. The lowest BCUT2D eigenvalue weighted by Crippen LogP contribution is -2.55. The van der Waals surface area contributed by atoms with Gasteiger partial charge in [-0.1, -0.05) is 12.1 Å². The number of hydrogen-bond acceptors (Lipinski definition) is 7. The SMILES string of the molecule is N#CCCCOc1ccc(C2O[C@H](CO)[C@@H](O)C(O)[C@@H]2O)cc1. The monoisotopic (exact) mass is 323 g/mol. The van der Waals surface area contributed by atoms with Crippen LogP contribution < -0.4 is 4.74 Å². The second kappa shape index (κ2) is 8.24. The average Bonchev–Trinajstić information content (AvgIpc) is 2.58. The quantitative estimate of drug-likeness (QED) is 0.538. The van der Waals surface area contributed by atoms with Crippen LogP contribution in [-0.4, -0.2) is 58.1 Å². The molecule has 0 spiro atoms. The highest BCUT2D eigenvalue weighted by atomic mass is 16.5. The Morgan fingerprint density at radius 3 is 2.39 bits per heavy atom. The summed E-state index contributed by atoms with van der Waals surface area (Å²) in [6.07, 6.45) is -4.76. The first-order chi connectivity index (χ1) is 11.1. The molecule has 1 aliphatic rings. The number of nitriles is 1. The molecule has 126 valence electrons. The molecule has 0 bridgehead atoms. The van der Waals surface area contributed by atoms with Gasteiger partial charge in [0, 0.05) is 6.42 Å². The van der Waals surface area contributed by atoms with Crippen LogP contribution in [0.1, 0.15) is 24.5 Å². The first kappa shape index (κ1) is 17.7. The van der Waals surface area contributed by atoms with E-state index < -0.39 is 37.1 Å². The molecule has 1 aromatic carbocycles. The molecule has 7 nitrogen and oxygen atoms in total. The minimum absolute atomic E-state index is 0.433. The van der Waals surface area contributed by atoms with Gasteiger partial charge in [-0.05, 0) is 24.1 Å². The van der Waals surface area contributed by atoms with Gasteiger partial charge in [0.05, 0.1) is 19.3 Å². The predicted molar refractivity (Wildman–Crippen MR) is 79.5 cm³/mol. The molecular weight excluding hydrogens is 302 g/mol. The van der Waals surface area contributed by atoms with Crippen molar-refractivity contribution in [2.75, 3.05) is 13.2 Å². The number of rotatable bonds is 6. The summed E-state index contributed by atoms with van der Waals surface area (Å²) in [7, 11) is 0. The number of unbranched alkanes of at least 4 members (excludes halogenated alkanes) is 1. The Morgan fingerprint density at radius 1 is 1.09 bits per heavy atom. The molecular formula is C16H21NO6. The highest BCUT2D eigenvalue weighted by Crippen LogP contribution is 2.33. The summed E-state index contributed by atoms with van der Waals surface area (Å²) < 4.78 is 11.0. The lowest BCUT2D eigenvalue weighted by Gasteiger charge is -2.40. The van der Waals surface area contributed by atoms with Crippen LogP contribution in [0.4, 0.5) is 0 Å². The van der Waals surface area contributed by atoms with Crippen LogP contribution in [0.2, 0.25) is 0 Å². The zero-order chi connectivity index (χ0) is 16.8. The Morgan fingerprint density at radius 2 is 1.78 bits per heavy atom. The summed E-state index contributed by atoms with van der Waals surface area (Å²) in [5.41, 5.74) is 0.603. The number of nitrogens with zero attached hydrogens (tertiary/aromatic N) is 1. The Hall–Kier alpha value is -1.69. The smallest absolute Gasteiger partial charge is 0.119 e. The van der Waals surface area contributed by atoms with Crippen molar-refractivity contribution in [1.29, 1.82) is 5.26 Å². The van der Waals surface area contributed by atoms with Crippen LogP contribution in [0.15, 0.2) is 24.3 Å². The highest BCUT2D eigenvalue weighted by Gasteiger charge is 2.43. The van der Waals surface area contributed by atoms with Crippen molar-refractivity contribution in [3.8, 4) is 11.8 Å². The molecule has 2 unspecified atom stereocenters. The number of ether oxygens (including phenoxy) is 2. The van der Waals surface area contributed by atoms with Crippen LogP contribution in [0, 0.1) is 11.3 Å². The topological polar surface area (TPSA) is 123 Å². The standard InChI is InChI=1S/C16H21NO6/c17-7-1-2-8-22-11-5-3-10(4-6-11)16-15(21)14(20)13(19)12(9-18)23-16/h3-6,12-16,18-21H,1-2,8-9H2/t12-,13-,14?,15+,16?/m1/s1. The van der Waals surface area contributed by atoms with Gasteiger partial charge in [-0.2, -0.15) is 5.26 Å². The van der Waals surface area contributed by atoms with E-state index in [0.29, 0.717) is 30.8 Å². The second-order valence-electron chi connectivity index (χ2n) is 5.43. The Labute approximate surface area is 134 Å². The fourth-order valence-electron chi connectivity index (χ4n) is 2.47. The summed E-state index contributed by atoms with van der Waals surface area (Å²) in [5.74, 6) is 0.622. The van der Waals surface area contributed by atoms with E-state index in [0.717, 1.165) is 0 Å². The molecule has 1 aliphatic heterocycles. The fourth-order valence-corrected chi connectivity index (χ4v) is 2.47. The van der Waals surface area contributed by atoms with E-state index in [9.17, 15) is 20.4 Å². The molecule has 1 heterocycles. The largest absolute Gasteiger partial charge is 0.494 e. The van der Waals surface area contributed by atoms with Gasteiger partial charge in [0.2, 0.25) is 0 Å². The van der Waals surface area contributed by atoms with Crippen LogP contribution >= 0.6 is 0 Å². The Bertz CT molecular complexity index is 526. The molecule has 1 aromatic rings. The lowest BCUT2D eigenvalue weighted by molar-refractivity contribution is -0.231. The van der Waals surface area contributed by atoms with E-state index in [2.05, 4.69) is 0 Å². The van der Waals surface area contributed by atoms with E-state index >= 15 is 0 Å². The molecule has 0 amide bonds. The van der Waals surface area contributed by atoms with Gasteiger partial charge in [0.1, 0.15) is 36.3 Å². The van der Waals surface area contributed by atoms with E-state index in [4.69, 9.17) is 14.7 Å². The number of benzene rings is 1. The normalized spacial score (nSPS) is 30.7. The summed E-state index contributed by atoms with van der Waals surface area (Å²) in [6, 6.07) is 8.81. The molecule has 0 aromatic heterocycles.